The van der Waals surface area contributed by atoms with Crippen molar-refractivity contribution in [3.05, 3.63) is 48.0 Å². The van der Waals surface area contributed by atoms with Crippen LogP contribution in [0.3, 0.4) is 0 Å². The van der Waals surface area contributed by atoms with E-state index in [2.05, 4.69) is 37.9 Å². The monoisotopic (exact) mass is 327 g/mol. The highest BCUT2D eigenvalue weighted by atomic mass is 16.3. The minimum Gasteiger partial charge on any atom is -0.505 e. The van der Waals surface area contributed by atoms with Crippen molar-refractivity contribution in [2.24, 2.45) is 0 Å². The van der Waals surface area contributed by atoms with E-state index in [0.29, 0.717) is 5.69 Å². The smallest absolute Gasteiger partial charge is 0.146 e. The molecular weight excluding hydrogens is 298 g/mol. The topological polar surface area (TPSA) is 50.9 Å². The first-order chi connectivity index (χ1) is 11.6. The molecule has 0 saturated carbocycles. The van der Waals surface area contributed by atoms with Gasteiger partial charge in [0.2, 0.25) is 0 Å². The summed E-state index contributed by atoms with van der Waals surface area (Å²) in [5.74, 6) is 0.250. The Balaban J connectivity index is 0.000000423. The summed E-state index contributed by atoms with van der Waals surface area (Å²) in [6, 6.07) is 13.3. The predicted molar refractivity (Wildman–Crippen MR) is 102 cm³/mol. The number of phenolic OH excluding ortho intramolecular Hbond substituents is 1. The number of nitrogens with zero attached hydrogens (tertiary/aromatic N) is 3. The Morgan fingerprint density at radius 1 is 0.792 bits per heavy atom. The Bertz CT molecular complexity index is 700. The van der Waals surface area contributed by atoms with Crippen molar-refractivity contribution in [2.45, 2.75) is 53.9 Å². The van der Waals surface area contributed by atoms with Gasteiger partial charge in [-0.1, -0.05) is 71.7 Å². The Labute approximate surface area is 145 Å². The van der Waals surface area contributed by atoms with E-state index in [4.69, 9.17) is 0 Å². The number of aromatic hydroxyl groups is 1. The van der Waals surface area contributed by atoms with Crippen LogP contribution in [0.15, 0.2) is 42.5 Å². The van der Waals surface area contributed by atoms with Gasteiger partial charge in [-0.25, -0.2) is 0 Å². The van der Waals surface area contributed by atoms with Gasteiger partial charge in [0.15, 0.2) is 0 Å². The molecule has 0 unspecified atom stereocenters. The van der Waals surface area contributed by atoms with Gasteiger partial charge in [0, 0.05) is 0 Å². The molecule has 3 aromatic rings. The number of aromatic nitrogens is 3. The third kappa shape index (κ3) is 5.08. The normalized spacial score (nSPS) is 9.71. The van der Waals surface area contributed by atoms with E-state index in [1.54, 1.807) is 0 Å². The summed E-state index contributed by atoms with van der Waals surface area (Å²) >= 11 is 0. The van der Waals surface area contributed by atoms with Crippen LogP contribution in [0, 0.1) is 0 Å². The summed E-state index contributed by atoms with van der Waals surface area (Å²) in [4.78, 5) is 1.49. The van der Waals surface area contributed by atoms with Crippen molar-refractivity contribution >= 4 is 11.0 Å². The Morgan fingerprint density at radius 3 is 1.75 bits per heavy atom. The van der Waals surface area contributed by atoms with E-state index in [1.165, 1.54) is 17.6 Å². The summed E-state index contributed by atoms with van der Waals surface area (Å²) in [6.45, 7) is 10.5. The zero-order valence-electron chi connectivity index (χ0n) is 15.5. The molecule has 3 rings (SSSR count). The molecule has 0 radical (unpaired) electrons. The molecule has 24 heavy (non-hydrogen) atoms. The first kappa shape index (κ1) is 19.7. The van der Waals surface area contributed by atoms with Gasteiger partial charge in [-0.3, -0.25) is 0 Å². The first-order valence-electron chi connectivity index (χ1n) is 8.75. The molecule has 0 aliphatic heterocycles. The fourth-order valence-electron chi connectivity index (χ4n) is 1.99. The summed E-state index contributed by atoms with van der Waals surface area (Å²) in [7, 11) is 0. The molecule has 2 aromatic carbocycles. The van der Waals surface area contributed by atoms with Crippen LogP contribution in [0.5, 0.6) is 5.75 Å². The molecule has 130 valence electrons. The first-order valence-corrected chi connectivity index (χ1v) is 8.75. The van der Waals surface area contributed by atoms with Crippen molar-refractivity contribution in [2.75, 3.05) is 0 Å². The number of hydrogen-bond acceptors (Lipinski definition) is 3. The number of hydrogen-bond donors (Lipinski definition) is 1. The van der Waals surface area contributed by atoms with Gasteiger partial charge in [-0.15, -0.1) is 15.0 Å². The van der Waals surface area contributed by atoms with Crippen LogP contribution in [0.4, 0.5) is 0 Å². The van der Waals surface area contributed by atoms with Crippen LogP contribution in [0.2, 0.25) is 0 Å². The number of fused-ring (bicyclic) bond motifs is 1. The van der Waals surface area contributed by atoms with E-state index in [1.807, 2.05) is 49.4 Å². The lowest BCUT2D eigenvalue weighted by molar-refractivity contribution is 0.461. The lowest BCUT2D eigenvalue weighted by Crippen LogP contribution is -2.00. The maximum Gasteiger partial charge on any atom is 0.146 e. The third-order valence-corrected chi connectivity index (χ3v) is 2.98. The fourth-order valence-corrected chi connectivity index (χ4v) is 1.99. The van der Waals surface area contributed by atoms with Gasteiger partial charge < -0.3 is 5.11 Å². The largest absolute Gasteiger partial charge is 0.505 e. The minimum absolute atomic E-state index is 0.250. The van der Waals surface area contributed by atoms with Crippen LogP contribution in [0.25, 0.3) is 16.7 Å². The van der Waals surface area contributed by atoms with E-state index in [0.717, 1.165) is 23.0 Å². The second-order valence-electron chi connectivity index (χ2n) is 5.53. The third-order valence-electron chi connectivity index (χ3n) is 2.98. The summed E-state index contributed by atoms with van der Waals surface area (Å²) in [6.07, 6.45) is 3.28. The Kier molecular flexibility index (Phi) is 8.55. The molecule has 1 N–H and O–H groups in total. The number of benzene rings is 2. The van der Waals surface area contributed by atoms with Crippen molar-refractivity contribution in [3.63, 3.8) is 0 Å². The number of aryl methyl sites for hydroxylation is 1. The molecule has 0 atom stereocenters. The number of rotatable bonds is 2. The lowest BCUT2D eigenvalue weighted by Gasteiger charge is -2.06. The molecule has 0 spiro atoms. The van der Waals surface area contributed by atoms with Gasteiger partial charge in [0.05, 0.1) is 0 Å². The maximum atomic E-state index is 10.2. The number of para-hydroxylation sites is 1. The molecule has 0 bridgehead atoms. The fraction of sp³-hybridized carbons (Fsp3) is 0.400. The number of phenols is 1. The van der Waals surface area contributed by atoms with Crippen LogP contribution in [0.1, 0.15) is 53.0 Å². The van der Waals surface area contributed by atoms with Gasteiger partial charge in [-0.2, -0.15) is 0 Å². The van der Waals surface area contributed by atoms with E-state index in [-0.39, 0.29) is 5.75 Å². The highest BCUT2D eigenvalue weighted by molar-refractivity contribution is 5.73. The Morgan fingerprint density at radius 2 is 1.29 bits per heavy atom. The van der Waals surface area contributed by atoms with Crippen molar-refractivity contribution in [1.82, 2.24) is 15.0 Å². The van der Waals surface area contributed by atoms with E-state index < -0.39 is 0 Å². The standard InChI is InChI=1S/C14H13N3O.2C3H8/c1-2-10-6-5-9-13(14(10)18)17-15-11-7-3-4-8-12(11)16-17;2*1-3-2/h3-9,18H,2H2,1H3;2*3H2,1-2H3. The summed E-state index contributed by atoms with van der Waals surface area (Å²) < 4.78 is 0. The van der Waals surface area contributed by atoms with Crippen molar-refractivity contribution in [3.8, 4) is 11.4 Å². The van der Waals surface area contributed by atoms with Crippen LogP contribution in [-0.4, -0.2) is 20.1 Å². The molecular formula is C20H29N3O. The molecule has 1 aromatic heterocycles. The average molecular weight is 327 g/mol. The molecule has 0 saturated heterocycles. The lowest BCUT2D eigenvalue weighted by atomic mass is 10.1. The van der Waals surface area contributed by atoms with Gasteiger partial charge in [0.25, 0.3) is 0 Å². The molecule has 4 heteroatoms. The van der Waals surface area contributed by atoms with E-state index in [9.17, 15) is 5.11 Å². The quantitative estimate of drug-likeness (QED) is 0.674. The zero-order chi connectivity index (χ0) is 17.9. The Hall–Kier alpha value is -2.36. The van der Waals surface area contributed by atoms with Gasteiger partial charge in [-0.05, 0) is 30.2 Å². The van der Waals surface area contributed by atoms with Crippen LogP contribution >= 0.6 is 0 Å². The molecule has 0 fully saturated rings. The molecule has 1 heterocycles. The second kappa shape index (κ2) is 10.4. The van der Waals surface area contributed by atoms with Crippen molar-refractivity contribution < 1.29 is 5.11 Å². The van der Waals surface area contributed by atoms with Gasteiger partial charge >= 0.3 is 0 Å². The van der Waals surface area contributed by atoms with Crippen LogP contribution in [-0.2, 0) is 6.42 Å². The SMILES string of the molecule is CCC.CCC.CCc1cccc(-n2nc3ccccc3n2)c1O. The van der Waals surface area contributed by atoms with Gasteiger partial charge in [0.1, 0.15) is 22.5 Å². The van der Waals surface area contributed by atoms with Crippen LogP contribution < -0.4 is 0 Å². The zero-order valence-corrected chi connectivity index (χ0v) is 15.5. The summed E-state index contributed by atoms with van der Waals surface area (Å²) in [5, 5.41) is 18.9. The highest BCUT2D eigenvalue weighted by Crippen LogP contribution is 2.26. The minimum atomic E-state index is 0.250. The summed E-state index contributed by atoms with van der Waals surface area (Å²) in [5.41, 5.74) is 3.15. The average Bonchev–Trinajstić information content (AvgIpc) is 3.00. The molecule has 0 aliphatic carbocycles. The molecule has 0 aliphatic rings. The molecule has 4 nitrogen and oxygen atoms in total. The second-order valence-corrected chi connectivity index (χ2v) is 5.53. The highest BCUT2D eigenvalue weighted by Gasteiger charge is 2.10. The van der Waals surface area contributed by atoms with E-state index >= 15 is 0 Å². The molecule has 0 amide bonds. The maximum absolute atomic E-state index is 10.2. The van der Waals surface area contributed by atoms with Crippen molar-refractivity contribution in [1.29, 1.82) is 0 Å². The predicted octanol–water partition coefficient (Wildman–Crippen LogP) is 5.52.